The first kappa shape index (κ1) is 8.53. The lowest BCUT2D eigenvalue weighted by molar-refractivity contribution is -0.146. The molecule has 2 N–H and O–H groups in total. The summed E-state index contributed by atoms with van der Waals surface area (Å²) >= 11 is 0. The van der Waals surface area contributed by atoms with Crippen molar-refractivity contribution in [1.82, 2.24) is 5.32 Å². The Balaban J connectivity index is 2.26. The van der Waals surface area contributed by atoms with Crippen LogP contribution in [0.3, 0.4) is 0 Å². The van der Waals surface area contributed by atoms with Crippen LogP contribution in [0.1, 0.15) is 26.7 Å². The third-order valence-corrected chi connectivity index (χ3v) is 1.99. The summed E-state index contributed by atoms with van der Waals surface area (Å²) in [5, 5.41) is 11.9. The predicted octanol–water partition coefficient (Wildman–Crippen LogP) is 0.849. The van der Waals surface area contributed by atoms with Crippen molar-refractivity contribution in [2.24, 2.45) is 5.41 Å². The van der Waals surface area contributed by atoms with Gasteiger partial charge in [-0.15, -0.1) is 0 Å². The highest BCUT2D eigenvalue weighted by Gasteiger charge is 2.30. The van der Waals surface area contributed by atoms with Gasteiger partial charge >= 0.3 is 5.97 Å². The predicted molar refractivity (Wildman–Crippen MR) is 42.4 cm³/mol. The molecule has 1 fully saturated rings. The Kier molecular flexibility index (Phi) is 2.18. The fourth-order valence-electron chi connectivity index (χ4n) is 0.763. The molecule has 0 aromatic heterocycles. The molecule has 0 saturated heterocycles. The van der Waals surface area contributed by atoms with Crippen LogP contribution < -0.4 is 5.32 Å². The minimum atomic E-state index is -0.731. The van der Waals surface area contributed by atoms with Gasteiger partial charge in [0.1, 0.15) is 0 Å². The quantitative estimate of drug-likeness (QED) is 0.636. The average molecular weight is 157 g/mol. The van der Waals surface area contributed by atoms with Gasteiger partial charge in [-0.3, -0.25) is 4.79 Å². The van der Waals surface area contributed by atoms with Crippen LogP contribution in [0.4, 0.5) is 0 Å². The van der Waals surface area contributed by atoms with Gasteiger partial charge in [0.05, 0.1) is 5.41 Å². The second kappa shape index (κ2) is 2.81. The lowest BCUT2D eigenvalue weighted by Gasteiger charge is -2.19. The number of aliphatic carboxylic acids is 1. The Bertz CT molecular complexity index is 161. The Labute approximate surface area is 66.8 Å². The van der Waals surface area contributed by atoms with Crippen LogP contribution in [0, 0.1) is 5.41 Å². The van der Waals surface area contributed by atoms with E-state index < -0.39 is 11.4 Å². The Morgan fingerprint density at radius 3 is 2.55 bits per heavy atom. The molecule has 0 amide bonds. The van der Waals surface area contributed by atoms with Gasteiger partial charge in [-0.2, -0.15) is 0 Å². The third-order valence-electron chi connectivity index (χ3n) is 1.99. The van der Waals surface area contributed by atoms with Crippen molar-refractivity contribution in [1.29, 1.82) is 0 Å². The SMILES string of the molecule is CC(C)(CNC1CC1)C(=O)O. The molecule has 0 aromatic carbocycles. The van der Waals surface area contributed by atoms with E-state index in [-0.39, 0.29) is 0 Å². The molecule has 3 nitrogen and oxygen atoms in total. The molecule has 1 aliphatic rings. The molecular formula is C8H15NO2. The Hall–Kier alpha value is -0.570. The summed E-state index contributed by atoms with van der Waals surface area (Å²) in [6, 6.07) is 0.591. The Morgan fingerprint density at radius 1 is 1.64 bits per heavy atom. The van der Waals surface area contributed by atoms with E-state index in [1.165, 1.54) is 12.8 Å². The zero-order valence-corrected chi connectivity index (χ0v) is 7.05. The van der Waals surface area contributed by atoms with E-state index in [1.807, 2.05) is 0 Å². The van der Waals surface area contributed by atoms with Crippen LogP contribution in [0.25, 0.3) is 0 Å². The largest absolute Gasteiger partial charge is 0.481 e. The minimum absolute atomic E-state index is 0.576. The maximum absolute atomic E-state index is 10.6. The molecule has 1 aliphatic carbocycles. The molecule has 1 rings (SSSR count). The van der Waals surface area contributed by atoms with Crippen LogP contribution in [0.5, 0.6) is 0 Å². The summed E-state index contributed by atoms with van der Waals surface area (Å²) in [6.07, 6.45) is 2.41. The fourth-order valence-corrected chi connectivity index (χ4v) is 0.763. The summed E-state index contributed by atoms with van der Waals surface area (Å²) in [7, 11) is 0. The van der Waals surface area contributed by atoms with Crippen molar-refractivity contribution in [3.63, 3.8) is 0 Å². The van der Waals surface area contributed by atoms with Crippen LogP contribution in [0.15, 0.2) is 0 Å². The molecule has 0 atom stereocenters. The first-order valence-electron chi connectivity index (χ1n) is 3.99. The number of rotatable bonds is 4. The number of hydrogen-bond donors (Lipinski definition) is 2. The molecule has 0 bridgehead atoms. The summed E-state index contributed by atoms with van der Waals surface area (Å²) in [5.41, 5.74) is -0.622. The molecule has 0 aromatic rings. The Morgan fingerprint density at radius 2 is 2.18 bits per heavy atom. The summed E-state index contributed by atoms with van der Waals surface area (Å²) in [4.78, 5) is 10.6. The maximum Gasteiger partial charge on any atom is 0.310 e. The van der Waals surface area contributed by atoms with Crippen LogP contribution in [-0.2, 0) is 4.79 Å². The van der Waals surface area contributed by atoms with Gasteiger partial charge < -0.3 is 10.4 Å². The van der Waals surface area contributed by atoms with Gasteiger partial charge in [-0.25, -0.2) is 0 Å². The number of hydrogen-bond acceptors (Lipinski definition) is 2. The van der Waals surface area contributed by atoms with Crippen molar-refractivity contribution < 1.29 is 9.90 Å². The van der Waals surface area contributed by atoms with Crippen molar-refractivity contribution in [3.8, 4) is 0 Å². The molecule has 0 heterocycles. The van der Waals surface area contributed by atoms with E-state index in [0.29, 0.717) is 12.6 Å². The highest BCUT2D eigenvalue weighted by Crippen LogP contribution is 2.21. The molecule has 11 heavy (non-hydrogen) atoms. The third kappa shape index (κ3) is 2.50. The average Bonchev–Trinajstić information content (AvgIpc) is 2.65. The first-order valence-corrected chi connectivity index (χ1v) is 3.99. The molecule has 0 unspecified atom stereocenters. The molecular weight excluding hydrogens is 142 g/mol. The summed E-state index contributed by atoms with van der Waals surface area (Å²) in [6.45, 7) is 4.06. The number of carboxylic acid groups (broad SMARTS) is 1. The lowest BCUT2D eigenvalue weighted by Crippen LogP contribution is -2.36. The van der Waals surface area contributed by atoms with Gasteiger partial charge in [0.15, 0.2) is 0 Å². The standard InChI is InChI=1S/C8H15NO2/c1-8(2,7(10)11)5-9-6-3-4-6/h6,9H,3-5H2,1-2H3,(H,10,11). The first-order chi connectivity index (χ1) is 5.02. The van der Waals surface area contributed by atoms with E-state index in [9.17, 15) is 4.79 Å². The highest BCUT2D eigenvalue weighted by atomic mass is 16.4. The number of carboxylic acids is 1. The maximum atomic E-state index is 10.6. The monoisotopic (exact) mass is 157 g/mol. The van der Waals surface area contributed by atoms with Gasteiger partial charge in [0.2, 0.25) is 0 Å². The molecule has 1 saturated carbocycles. The molecule has 3 heteroatoms. The van der Waals surface area contributed by atoms with Crippen molar-refractivity contribution in [3.05, 3.63) is 0 Å². The van der Waals surface area contributed by atoms with Crippen LogP contribution in [-0.4, -0.2) is 23.7 Å². The summed E-state index contributed by atoms with van der Waals surface area (Å²) < 4.78 is 0. The highest BCUT2D eigenvalue weighted by molar-refractivity contribution is 5.73. The van der Waals surface area contributed by atoms with Gasteiger partial charge in [-0.1, -0.05) is 0 Å². The van der Waals surface area contributed by atoms with E-state index in [4.69, 9.17) is 5.11 Å². The van der Waals surface area contributed by atoms with Crippen molar-refractivity contribution >= 4 is 5.97 Å². The van der Waals surface area contributed by atoms with E-state index in [0.717, 1.165) is 0 Å². The number of nitrogens with one attached hydrogen (secondary N) is 1. The molecule has 64 valence electrons. The zero-order chi connectivity index (χ0) is 8.48. The van der Waals surface area contributed by atoms with E-state index in [2.05, 4.69) is 5.32 Å². The fraction of sp³-hybridized carbons (Fsp3) is 0.875. The molecule has 0 radical (unpaired) electrons. The number of carbonyl (C=O) groups is 1. The second-order valence-electron chi connectivity index (χ2n) is 3.84. The van der Waals surface area contributed by atoms with E-state index >= 15 is 0 Å². The smallest absolute Gasteiger partial charge is 0.310 e. The summed E-state index contributed by atoms with van der Waals surface area (Å²) in [5.74, 6) is -0.731. The lowest BCUT2D eigenvalue weighted by atomic mass is 9.94. The molecule has 0 spiro atoms. The van der Waals surface area contributed by atoms with Crippen molar-refractivity contribution in [2.75, 3.05) is 6.54 Å². The second-order valence-corrected chi connectivity index (χ2v) is 3.84. The zero-order valence-electron chi connectivity index (χ0n) is 7.05. The topological polar surface area (TPSA) is 49.3 Å². The van der Waals surface area contributed by atoms with E-state index in [1.54, 1.807) is 13.8 Å². The van der Waals surface area contributed by atoms with Crippen LogP contribution in [0.2, 0.25) is 0 Å². The normalized spacial score (nSPS) is 18.4. The molecule has 0 aliphatic heterocycles. The van der Waals surface area contributed by atoms with Crippen LogP contribution >= 0.6 is 0 Å². The van der Waals surface area contributed by atoms with Gasteiger partial charge in [0, 0.05) is 12.6 Å². The van der Waals surface area contributed by atoms with Gasteiger partial charge in [-0.05, 0) is 26.7 Å². The van der Waals surface area contributed by atoms with Crippen molar-refractivity contribution in [2.45, 2.75) is 32.7 Å². The van der Waals surface area contributed by atoms with Gasteiger partial charge in [0.25, 0.3) is 0 Å². The minimum Gasteiger partial charge on any atom is -0.481 e.